The van der Waals surface area contributed by atoms with Gasteiger partial charge >= 0.3 is 0 Å². The van der Waals surface area contributed by atoms with Crippen LogP contribution in [0.15, 0.2) is 64.0 Å². The van der Waals surface area contributed by atoms with Crippen molar-refractivity contribution in [3.8, 4) is 0 Å². The summed E-state index contributed by atoms with van der Waals surface area (Å²) in [5, 5.41) is 15.0. The van der Waals surface area contributed by atoms with Crippen LogP contribution in [0.1, 0.15) is 157 Å². The van der Waals surface area contributed by atoms with Crippen LogP contribution in [-0.2, 0) is 14.4 Å². The molecule has 0 radical (unpaired) electrons. The third-order valence-electron chi connectivity index (χ3n) is 13.7. The normalized spacial score (nSPS) is 20.0. The number of amides is 2. The van der Waals surface area contributed by atoms with E-state index in [9.17, 15) is 19.5 Å². The lowest BCUT2D eigenvalue weighted by molar-refractivity contribution is -0.126. The summed E-state index contributed by atoms with van der Waals surface area (Å²) in [5.41, 5.74) is 2.75. The molecular formula is C49H72N4O4. The number of nitrogens with one attached hydrogen (secondary N) is 1. The molecule has 0 aliphatic heterocycles. The minimum atomic E-state index is -0.681. The van der Waals surface area contributed by atoms with Gasteiger partial charge in [-0.3, -0.25) is 14.4 Å². The summed E-state index contributed by atoms with van der Waals surface area (Å²) in [4.78, 5) is 50.8. The maximum absolute atomic E-state index is 14.3. The second-order valence-electron chi connectivity index (χ2n) is 18.3. The van der Waals surface area contributed by atoms with Crippen LogP contribution in [0.25, 0.3) is 5.57 Å². The average molecular weight is 781 g/mol. The lowest BCUT2D eigenvalue weighted by atomic mass is 9.78. The van der Waals surface area contributed by atoms with Gasteiger partial charge in [-0.25, -0.2) is 4.99 Å². The van der Waals surface area contributed by atoms with Gasteiger partial charge in [0.25, 0.3) is 5.91 Å². The van der Waals surface area contributed by atoms with Gasteiger partial charge in [0.05, 0.1) is 22.5 Å². The quantitative estimate of drug-likeness (QED) is 0.107. The van der Waals surface area contributed by atoms with E-state index in [2.05, 4.69) is 34.0 Å². The molecule has 312 valence electrons. The molecule has 0 bridgehead atoms. The maximum atomic E-state index is 14.3. The first kappa shape index (κ1) is 44.2. The molecule has 0 aromatic heterocycles. The van der Waals surface area contributed by atoms with Crippen LogP contribution in [0, 0.1) is 22.7 Å². The zero-order valence-corrected chi connectivity index (χ0v) is 36.6. The molecule has 2 N–H and O–H groups in total. The van der Waals surface area contributed by atoms with Crippen molar-refractivity contribution in [2.75, 3.05) is 36.4 Å². The predicted molar refractivity (Wildman–Crippen MR) is 237 cm³/mol. The van der Waals surface area contributed by atoms with Crippen LogP contribution >= 0.6 is 0 Å². The number of ketones is 1. The van der Waals surface area contributed by atoms with Crippen molar-refractivity contribution in [2.24, 2.45) is 27.7 Å². The van der Waals surface area contributed by atoms with Gasteiger partial charge in [-0.1, -0.05) is 106 Å². The van der Waals surface area contributed by atoms with Crippen LogP contribution < -0.4 is 10.2 Å². The van der Waals surface area contributed by atoms with Gasteiger partial charge < -0.3 is 20.2 Å². The minimum Gasteiger partial charge on any atom is -0.506 e. The number of unbranched alkanes of at least 4 members (excludes halogenated alkanes) is 1. The fraction of sp³-hybridized carbons (Fsp3) is 0.633. The molecule has 1 aromatic rings. The summed E-state index contributed by atoms with van der Waals surface area (Å²) in [6.07, 6.45) is 23.7. The van der Waals surface area contributed by atoms with Crippen molar-refractivity contribution in [1.29, 1.82) is 0 Å². The highest BCUT2D eigenvalue weighted by molar-refractivity contribution is 6.42. The number of allylic oxidation sites excluding steroid dienone is 6. The number of carbonyl (C=O) groups is 3. The topological polar surface area (TPSA) is 102 Å². The number of aliphatic hydroxyl groups excluding tert-OH is 1. The molecule has 0 saturated heterocycles. The molecule has 4 aliphatic carbocycles. The Morgan fingerprint density at radius 2 is 1.39 bits per heavy atom. The average Bonchev–Trinajstić information content (AvgIpc) is 3.93. The first-order valence-corrected chi connectivity index (χ1v) is 22.5. The summed E-state index contributed by atoms with van der Waals surface area (Å²) < 4.78 is 0. The Hall–Kier alpha value is -3.94. The lowest BCUT2D eigenvalue weighted by Gasteiger charge is -2.31. The number of anilines is 2. The molecule has 0 atom stereocenters. The zero-order chi connectivity index (χ0) is 41.3. The van der Waals surface area contributed by atoms with Crippen molar-refractivity contribution < 1.29 is 19.5 Å². The summed E-state index contributed by atoms with van der Waals surface area (Å²) in [5.74, 6) is 0.811. The van der Waals surface area contributed by atoms with E-state index in [0.29, 0.717) is 35.4 Å². The van der Waals surface area contributed by atoms with Crippen LogP contribution in [0.3, 0.4) is 0 Å². The second-order valence-corrected chi connectivity index (χ2v) is 18.3. The number of Topliss-reactive ketones (excluding diaryl/α,β-unsaturated/α-hetero) is 1. The SMILES string of the molecule is CCN(CCCC1CCCC1)C1=CC(=NC(=O)C(C)(C)CC)/C(=C2/C(=O)C(c3ccc(N(CC)CCCCC4CCCC4)cc3NC(=O)C(C)(C)CC)=C2O)C=C1. The largest absolute Gasteiger partial charge is 0.506 e. The Labute approximate surface area is 344 Å². The van der Waals surface area contributed by atoms with Gasteiger partial charge in [0, 0.05) is 59.5 Å². The lowest BCUT2D eigenvalue weighted by Crippen LogP contribution is -2.32. The Balaban J connectivity index is 1.48. The number of rotatable bonds is 19. The molecule has 1 aromatic carbocycles. The molecule has 5 rings (SSSR count). The Kier molecular flexibility index (Phi) is 15.2. The number of aliphatic imine (C=N–C) groups is 1. The number of likely N-dealkylation sites (N-methyl/N-ethyl adjacent to an activating group) is 1. The first-order chi connectivity index (χ1) is 27.2. The van der Waals surface area contributed by atoms with E-state index in [0.717, 1.165) is 62.2 Å². The molecule has 2 saturated carbocycles. The van der Waals surface area contributed by atoms with Crippen molar-refractivity contribution in [3.05, 3.63) is 64.6 Å². The standard InChI is InChI=1S/C49H72N4O4/c1-9-48(5,6)46(56)50-40-32-36(52(11-3)30-18-17-24-34-20-13-14-21-34)26-28-38(40)42-44(54)43(45(42)55)39-29-27-37(33-41(39)51-47(57)49(7,8)10-2)53(12-4)31-19-25-35-22-15-16-23-35/h26-29,32-35,54H,9-25,30-31H2,1-8H3,(H,50,56)/b43-39+,51-41?. The maximum Gasteiger partial charge on any atom is 0.251 e. The van der Waals surface area contributed by atoms with E-state index >= 15 is 0 Å². The van der Waals surface area contributed by atoms with Crippen molar-refractivity contribution in [1.82, 2.24) is 4.90 Å². The Bertz CT molecular complexity index is 1780. The summed E-state index contributed by atoms with van der Waals surface area (Å²) in [6, 6.07) is 5.81. The number of aliphatic hydroxyl groups is 1. The third kappa shape index (κ3) is 10.6. The molecule has 0 heterocycles. The number of nitrogens with zero attached hydrogens (tertiary/aromatic N) is 3. The van der Waals surface area contributed by atoms with Crippen LogP contribution in [0.4, 0.5) is 11.4 Å². The number of hydrogen-bond acceptors (Lipinski definition) is 6. The molecule has 8 nitrogen and oxygen atoms in total. The van der Waals surface area contributed by atoms with Gasteiger partial charge in [0.2, 0.25) is 11.7 Å². The van der Waals surface area contributed by atoms with Crippen molar-refractivity contribution in [2.45, 2.75) is 152 Å². The molecule has 8 heteroatoms. The van der Waals surface area contributed by atoms with E-state index in [4.69, 9.17) is 0 Å². The zero-order valence-electron chi connectivity index (χ0n) is 36.6. The van der Waals surface area contributed by atoms with Crippen molar-refractivity contribution in [3.63, 3.8) is 0 Å². The molecule has 0 unspecified atom stereocenters. The number of benzene rings is 1. The fourth-order valence-electron chi connectivity index (χ4n) is 8.68. The van der Waals surface area contributed by atoms with Crippen LogP contribution in [-0.4, -0.2) is 59.5 Å². The summed E-state index contributed by atoms with van der Waals surface area (Å²) >= 11 is 0. The first-order valence-electron chi connectivity index (χ1n) is 22.5. The second kappa shape index (κ2) is 19.7. The van der Waals surface area contributed by atoms with E-state index in [-0.39, 0.29) is 34.5 Å². The van der Waals surface area contributed by atoms with Gasteiger partial charge in [0.15, 0.2) is 0 Å². The summed E-state index contributed by atoms with van der Waals surface area (Å²) in [6.45, 7) is 19.3. The molecule has 2 fully saturated rings. The Morgan fingerprint density at radius 1 is 0.789 bits per heavy atom. The minimum absolute atomic E-state index is 0.142. The monoisotopic (exact) mass is 781 g/mol. The van der Waals surface area contributed by atoms with E-state index in [1.165, 1.54) is 70.6 Å². The number of carbonyl (C=O) groups excluding carboxylic acids is 3. The van der Waals surface area contributed by atoms with E-state index in [1.807, 2.05) is 78.0 Å². The molecular weight excluding hydrogens is 709 g/mol. The fourth-order valence-corrected chi connectivity index (χ4v) is 8.68. The molecule has 57 heavy (non-hydrogen) atoms. The van der Waals surface area contributed by atoms with Gasteiger partial charge in [-0.2, -0.15) is 0 Å². The third-order valence-corrected chi connectivity index (χ3v) is 13.7. The highest BCUT2D eigenvalue weighted by Gasteiger charge is 2.40. The molecule has 4 aliphatic rings. The van der Waals surface area contributed by atoms with Crippen molar-refractivity contribution >= 4 is 40.3 Å². The molecule has 0 spiro atoms. The van der Waals surface area contributed by atoms with Gasteiger partial charge in [-0.05, 0) is 94.2 Å². The van der Waals surface area contributed by atoms with E-state index < -0.39 is 10.8 Å². The molecule has 2 amide bonds. The van der Waals surface area contributed by atoms with E-state index in [1.54, 1.807) is 0 Å². The highest BCUT2D eigenvalue weighted by atomic mass is 16.3. The Morgan fingerprint density at radius 3 is 1.96 bits per heavy atom. The summed E-state index contributed by atoms with van der Waals surface area (Å²) in [7, 11) is 0. The highest BCUT2D eigenvalue weighted by Crippen LogP contribution is 2.43. The van der Waals surface area contributed by atoms with Gasteiger partial charge in [-0.15, -0.1) is 0 Å². The van der Waals surface area contributed by atoms with Gasteiger partial charge in [0.1, 0.15) is 5.76 Å². The number of hydrogen-bond donors (Lipinski definition) is 2. The predicted octanol–water partition coefficient (Wildman–Crippen LogP) is 11.5. The smallest absolute Gasteiger partial charge is 0.251 e. The van der Waals surface area contributed by atoms with Crippen LogP contribution in [0.5, 0.6) is 0 Å². The van der Waals surface area contributed by atoms with Crippen LogP contribution in [0.2, 0.25) is 0 Å².